The molecule has 0 saturated heterocycles. The first kappa shape index (κ1) is 12.0. The second-order valence-electron chi connectivity index (χ2n) is 4.43. The Bertz CT molecular complexity index is 722. The molecule has 0 aromatic heterocycles. The Balaban J connectivity index is 2.12. The van der Waals surface area contributed by atoms with Crippen LogP contribution < -0.4 is 0 Å². The van der Waals surface area contributed by atoms with Gasteiger partial charge in [-0.1, -0.05) is 84.4 Å². The maximum atomic E-state index is 6.48. The molecule has 3 aromatic rings. The van der Waals surface area contributed by atoms with Gasteiger partial charge in [-0.05, 0) is 22.4 Å². The van der Waals surface area contributed by atoms with E-state index in [9.17, 15) is 0 Å². The highest BCUT2D eigenvalue weighted by molar-refractivity contribution is 6.52. The van der Waals surface area contributed by atoms with E-state index < -0.39 is 0 Å². The van der Waals surface area contributed by atoms with Crippen LogP contribution in [0.15, 0.2) is 72.8 Å². The van der Waals surface area contributed by atoms with Crippen LogP contribution in [0.4, 0.5) is 0 Å². The van der Waals surface area contributed by atoms with Crippen LogP contribution >= 0.6 is 11.6 Å². The van der Waals surface area contributed by atoms with Gasteiger partial charge >= 0.3 is 0 Å². The summed E-state index contributed by atoms with van der Waals surface area (Å²) in [5.74, 6) is 0. The zero-order chi connectivity index (χ0) is 13.1. The number of fused-ring (bicyclic) bond motifs is 1. The molecule has 0 N–H and O–H groups in total. The normalized spacial score (nSPS) is 11.7. The Hall–Kier alpha value is -2.05. The molecular formula is C18H13Cl. The predicted molar refractivity (Wildman–Crippen MR) is 84.1 cm³/mol. The molecule has 0 amide bonds. The van der Waals surface area contributed by atoms with Crippen LogP contribution in [0.25, 0.3) is 21.9 Å². The van der Waals surface area contributed by atoms with Crippen molar-refractivity contribution in [1.82, 2.24) is 0 Å². The van der Waals surface area contributed by atoms with Crippen molar-refractivity contribution in [3.63, 3.8) is 0 Å². The minimum Gasteiger partial charge on any atom is -0.0836 e. The molecule has 0 heterocycles. The minimum atomic E-state index is 0.767. The van der Waals surface area contributed by atoms with Crippen molar-refractivity contribution in [2.45, 2.75) is 0 Å². The van der Waals surface area contributed by atoms with Crippen LogP contribution in [0.1, 0.15) is 11.1 Å². The van der Waals surface area contributed by atoms with Crippen LogP contribution in [0.2, 0.25) is 0 Å². The summed E-state index contributed by atoms with van der Waals surface area (Å²) in [6.07, 6.45) is 2.00. The highest BCUT2D eigenvalue weighted by atomic mass is 35.5. The van der Waals surface area contributed by atoms with Crippen LogP contribution in [-0.4, -0.2) is 0 Å². The van der Waals surface area contributed by atoms with Crippen LogP contribution in [0.5, 0.6) is 0 Å². The van der Waals surface area contributed by atoms with E-state index in [1.807, 2.05) is 54.6 Å². The molecule has 0 aliphatic carbocycles. The lowest BCUT2D eigenvalue weighted by Gasteiger charge is -2.05. The summed E-state index contributed by atoms with van der Waals surface area (Å²) in [7, 11) is 0. The molecule has 19 heavy (non-hydrogen) atoms. The predicted octanol–water partition coefficient (Wildman–Crippen LogP) is 5.58. The fraction of sp³-hybridized carbons (Fsp3) is 0. The molecule has 0 spiro atoms. The quantitative estimate of drug-likeness (QED) is 0.530. The van der Waals surface area contributed by atoms with Gasteiger partial charge < -0.3 is 0 Å². The molecule has 0 unspecified atom stereocenters. The van der Waals surface area contributed by atoms with Gasteiger partial charge in [0.05, 0.1) is 0 Å². The van der Waals surface area contributed by atoms with Crippen LogP contribution in [-0.2, 0) is 0 Å². The van der Waals surface area contributed by atoms with Crippen molar-refractivity contribution in [3.8, 4) is 0 Å². The maximum Gasteiger partial charge on any atom is 0.0490 e. The fourth-order valence-corrected chi connectivity index (χ4v) is 2.50. The summed E-state index contributed by atoms with van der Waals surface area (Å²) in [6.45, 7) is 0. The number of halogens is 1. The van der Waals surface area contributed by atoms with Gasteiger partial charge in [0.15, 0.2) is 0 Å². The number of hydrogen-bond donors (Lipinski definition) is 0. The van der Waals surface area contributed by atoms with E-state index in [4.69, 9.17) is 11.6 Å². The number of rotatable bonds is 2. The average molecular weight is 265 g/mol. The standard InChI is InChI=1S/C18H13Cl/c19-18(13-14-7-2-1-3-8-14)17-12-6-10-15-9-4-5-11-16(15)17/h1-13H/b18-13-. The van der Waals surface area contributed by atoms with E-state index in [-0.39, 0.29) is 0 Å². The number of benzene rings is 3. The van der Waals surface area contributed by atoms with Gasteiger partial charge in [0.1, 0.15) is 0 Å². The van der Waals surface area contributed by atoms with Crippen molar-refractivity contribution in [1.29, 1.82) is 0 Å². The Morgan fingerprint density at radius 2 is 1.42 bits per heavy atom. The van der Waals surface area contributed by atoms with Gasteiger partial charge in [-0.25, -0.2) is 0 Å². The van der Waals surface area contributed by atoms with Crippen molar-refractivity contribution in [2.24, 2.45) is 0 Å². The Kier molecular flexibility index (Phi) is 3.35. The van der Waals surface area contributed by atoms with Gasteiger partial charge in [-0.2, -0.15) is 0 Å². The molecule has 0 nitrogen and oxygen atoms in total. The lowest BCUT2D eigenvalue weighted by molar-refractivity contribution is 1.66. The van der Waals surface area contributed by atoms with Gasteiger partial charge in [0.2, 0.25) is 0 Å². The minimum absolute atomic E-state index is 0.767. The zero-order valence-electron chi connectivity index (χ0n) is 10.4. The van der Waals surface area contributed by atoms with Gasteiger partial charge in [-0.15, -0.1) is 0 Å². The largest absolute Gasteiger partial charge is 0.0836 e. The lowest BCUT2D eigenvalue weighted by Crippen LogP contribution is -1.81. The van der Waals surface area contributed by atoms with Crippen LogP contribution in [0.3, 0.4) is 0 Å². The molecule has 0 aliphatic rings. The van der Waals surface area contributed by atoms with Gasteiger partial charge in [0.25, 0.3) is 0 Å². The van der Waals surface area contributed by atoms with Crippen molar-refractivity contribution < 1.29 is 0 Å². The highest BCUT2D eigenvalue weighted by Crippen LogP contribution is 2.29. The van der Waals surface area contributed by atoms with Crippen molar-refractivity contribution in [2.75, 3.05) is 0 Å². The van der Waals surface area contributed by atoms with E-state index in [0.717, 1.165) is 16.2 Å². The molecule has 0 radical (unpaired) electrons. The SMILES string of the molecule is Cl/C(=C\c1ccccc1)c1cccc2ccccc12. The second-order valence-corrected chi connectivity index (χ2v) is 4.84. The molecule has 3 rings (SSSR count). The van der Waals surface area contributed by atoms with E-state index in [1.165, 1.54) is 10.8 Å². The Morgan fingerprint density at radius 3 is 2.26 bits per heavy atom. The summed E-state index contributed by atoms with van der Waals surface area (Å²) in [5.41, 5.74) is 2.18. The van der Waals surface area contributed by atoms with E-state index in [0.29, 0.717) is 0 Å². The lowest BCUT2D eigenvalue weighted by atomic mass is 10.0. The average Bonchev–Trinajstić information content (AvgIpc) is 2.47. The molecule has 0 bridgehead atoms. The summed E-state index contributed by atoms with van der Waals surface area (Å²) in [4.78, 5) is 0. The summed E-state index contributed by atoms with van der Waals surface area (Å²) in [5, 5.41) is 3.16. The van der Waals surface area contributed by atoms with E-state index in [1.54, 1.807) is 0 Å². The Labute approximate surface area is 118 Å². The summed E-state index contributed by atoms with van der Waals surface area (Å²) in [6, 6.07) is 24.6. The maximum absolute atomic E-state index is 6.48. The summed E-state index contributed by atoms with van der Waals surface area (Å²) < 4.78 is 0. The third kappa shape index (κ3) is 2.54. The molecule has 0 atom stereocenters. The van der Waals surface area contributed by atoms with E-state index >= 15 is 0 Å². The Morgan fingerprint density at radius 1 is 0.737 bits per heavy atom. The van der Waals surface area contributed by atoms with E-state index in [2.05, 4.69) is 24.3 Å². The molecule has 1 heteroatoms. The second kappa shape index (κ2) is 5.29. The molecular weight excluding hydrogens is 252 g/mol. The zero-order valence-corrected chi connectivity index (χ0v) is 11.1. The third-order valence-electron chi connectivity index (χ3n) is 3.14. The molecule has 0 fully saturated rings. The topological polar surface area (TPSA) is 0 Å². The van der Waals surface area contributed by atoms with Crippen molar-refractivity contribution in [3.05, 3.63) is 83.9 Å². The van der Waals surface area contributed by atoms with Gasteiger partial charge in [-0.3, -0.25) is 0 Å². The first-order valence-electron chi connectivity index (χ1n) is 6.25. The molecule has 0 aliphatic heterocycles. The third-order valence-corrected chi connectivity index (χ3v) is 3.45. The number of hydrogen-bond acceptors (Lipinski definition) is 0. The molecule has 3 aromatic carbocycles. The molecule has 92 valence electrons. The molecule has 0 saturated carbocycles. The smallest absolute Gasteiger partial charge is 0.0490 e. The monoisotopic (exact) mass is 264 g/mol. The van der Waals surface area contributed by atoms with Gasteiger partial charge in [0, 0.05) is 10.6 Å². The van der Waals surface area contributed by atoms with Crippen molar-refractivity contribution >= 4 is 33.5 Å². The first-order valence-corrected chi connectivity index (χ1v) is 6.63. The highest BCUT2D eigenvalue weighted by Gasteiger charge is 2.03. The van der Waals surface area contributed by atoms with Crippen LogP contribution in [0, 0.1) is 0 Å². The first-order chi connectivity index (χ1) is 9.34. The summed E-state index contributed by atoms with van der Waals surface area (Å²) >= 11 is 6.48. The fourth-order valence-electron chi connectivity index (χ4n) is 2.21.